The average molecular weight is 182 g/mol. The molecule has 1 N–H and O–H groups in total. The monoisotopic (exact) mass is 182 g/mol. The lowest BCUT2D eigenvalue weighted by Crippen LogP contribution is -2.47. The van der Waals surface area contributed by atoms with Crippen LogP contribution in [0.5, 0.6) is 0 Å². The first-order chi connectivity index (χ1) is 6.35. The van der Waals surface area contributed by atoms with Gasteiger partial charge in [-0.15, -0.1) is 0 Å². The van der Waals surface area contributed by atoms with Crippen LogP contribution in [0, 0.1) is 5.41 Å². The highest BCUT2D eigenvalue weighted by Crippen LogP contribution is 2.36. The zero-order valence-corrected chi connectivity index (χ0v) is 8.81. The molecule has 2 saturated heterocycles. The van der Waals surface area contributed by atoms with Gasteiger partial charge in [0.2, 0.25) is 0 Å². The molecule has 0 atom stereocenters. The number of likely N-dealkylation sites (tertiary alicyclic amines) is 1. The van der Waals surface area contributed by atoms with Gasteiger partial charge in [0.25, 0.3) is 0 Å². The smallest absolute Gasteiger partial charge is 0.000877 e. The lowest BCUT2D eigenvalue weighted by Gasteiger charge is -2.44. The summed E-state index contributed by atoms with van der Waals surface area (Å²) >= 11 is 0. The van der Waals surface area contributed by atoms with Crippen LogP contribution >= 0.6 is 0 Å². The molecule has 0 aromatic rings. The van der Waals surface area contributed by atoms with Crippen molar-refractivity contribution in [3.05, 3.63) is 0 Å². The van der Waals surface area contributed by atoms with Crippen molar-refractivity contribution in [3.8, 4) is 0 Å². The van der Waals surface area contributed by atoms with E-state index in [0.717, 1.165) is 0 Å². The molecule has 0 bridgehead atoms. The first-order valence-electron chi connectivity index (χ1n) is 5.78. The van der Waals surface area contributed by atoms with Gasteiger partial charge in [-0.1, -0.05) is 6.92 Å². The Balaban J connectivity index is 1.87. The van der Waals surface area contributed by atoms with Crippen LogP contribution in [0.2, 0.25) is 0 Å². The number of nitrogens with one attached hydrogen (secondary N) is 1. The first-order valence-corrected chi connectivity index (χ1v) is 5.78. The van der Waals surface area contributed by atoms with Crippen LogP contribution in [-0.4, -0.2) is 37.6 Å². The van der Waals surface area contributed by atoms with Crippen LogP contribution in [0.3, 0.4) is 0 Å². The normalized spacial score (nSPS) is 29.3. The molecule has 2 heterocycles. The molecule has 0 aliphatic carbocycles. The Kier molecular flexibility index (Phi) is 2.89. The molecular formula is C11H22N2. The van der Waals surface area contributed by atoms with E-state index in [-0.39, 0.29) is 0 Å². The van der Waals surface area contributed by atoms with Crippen molar-refractivity contribution >= 4 is 0 Å². The highest BCUT2D eigenvalue weighted by molar-refractivity contribution is 4.89. The van der Waals surface area contributed by atoms with E-state index in [1.165, 1.54) is 58.4 Å². The third kappa shape index (κ3) is 2.05. The molecule has 0 aromatic carbocycles. The van der Waals surface area contributed by atoms with E-state index in [0.29, 0.717) is 5.41 Å². The van der Waals surface area contributed by atoms with Gasteiger partial charge in [-0.25, -0.2) is 0 Å². The van der Waals surface area contributed by atoms with Crippen LogP contribution in [-0.2, 0) is 0 Å². The van der Waals surface area contributed by atoms with Gasteiger partial charge in [0.05, 0.1) is 0 Å². The Morgan fingerprint density at radius 2 is 2.00 bits per heavy atom. The summed E-state index contributed by atoms with van der Waals surface area (Å²) in [5, 5.41) is 3.56. The van der Waals surface area contributed by atoms with Gasteiger partial charge < -0.3 is 10.2 Å². The van der Waals surface area contributed by atoms with Crippen molar-refractivity contribution in [3.63, 3.8) is 0 Å². The highest BCUT2D eigenvalue weighted by Gasteiger charge is 2.34. The molecule has 13 heavy (non-hydrogen) atoms. The maximum Gasteiger partial charge on any atom is 0.000877 e. The van der Waals surface area contributed by atoms with Gasteiger partial charge >= 0.3 is 0 Å². The molecule has 2 aliphatic heterocycles. The molecule has 2 aliphatic rings. The number of nitrogens with zero attached hydrogens (tertiary/aromatic N) is 1. The summed E-state index contributed by atoms with van der Waals surface area (Å²) in [4.78, 5) is 2.58. The van der Waals surface area contributed by atoms with E-state index < -0.39 is 0 Å². The third-order valence-corrected chi connectivity index (χ3v) is 3.92. The molecule has 2 heteroatoms. The van der Waals surface area contributed by atoms with E-state index in [9.17, 15) is 0 Å². The van der Waals surface area contributed by atoms with E-state index in [1.807, 2.05) is 0 Å². The van der Waals surface area contributed by atoms with Crippen LogP contribution in [0.25, 0.3) is 0 Å². The topological polar surface area (TPSA) is 15.3 Å². The highest BCUT2D eigenvalue weighted by atomic mass is 15.1. The molecule has 0 radical (unpaired) electrons. The molecule has 2 fully saturated rings. The molecule has 0 unspecified atom stereocenters. The fourth-order valence-corrected chi connectivity index (χ4v) is 2.80. The predicted octanol–water partition coefficient (Wildman–Crippen LogP) is 1.47. The van der Waals surface area contributed by atoms with E-state index in [4.69, 9.17) is 0 Å². The minimum atomic E-state index is 0.684. The maximum absolute atomic E-state index is 3.56. The zero-order valence-electron chi connectivity index (χ0n) is 8.81. The van der Waals surface area contributed by atoms with Crippen LogP contribution < -0.4 is 5.32 Å². The van der Waals surface area contributed by atoms with Gasteiger partial charge in [-0.05, 0) is 57.3 Å². The Morgan fingerprint density at radius 3 is 2.54 bits per heavy atom. The number of rotatable bonds is 1. The van der Waals surface area contributed by atoms with Crippen molar-refractivity contribution in [1.29, 1.82) is 0 Å². The van der Waals surface area contributed by atoms with E-state index in [2.05, 4.69) is 17.1 Å². The summed E-state index contributed by atoms with van der Waals surface area (Å²) in [5.41, 5.74) is 0.684. The van der Waals surface area contributed by atoms with Gasteiger partial charge in [-0.2, -0.15) is 0 Å². The fraction of sp³-hybridized carbons (Fsp3) is 1.00. The van der Waals surface area contributed by atoms with Gasteiger partial charge in [0, 0.05) is 6.54 Å². The lowest BCUT2D eigenvalue weighted by atomic mass is 9.73. The number of hydrogen-bond acceptors (Lipinski definition) is 2. The third-order valence-electron chi connectivity index (χ3n) is 3.92. The Bertz CT molecular complexity index is 151. The van der Waals surface area contributed by atoms with Crippen molar-refractivity contribution in [2.24, 2.45) is 5.41 Å². The quantitative estimate of drug-likeness (QED) is 0.660. The molecule has 0 amide bonds. The Hall–Kier alpha value is -0.0800. The molecular weight excluding hydrogens is 160 g/mol. The predicted molar refractivity (Wildman–Crippen MR) is 55.9 cm³/mol. The minimum absolute atomic E-state index is 0.684. The van der Waals surface area contributed by atoms with Gasteiger partial charge in [0.15, 0.2) is 0 Å². The summed E-state index contributed by atoms with van der Waals surface area (Å²) in [7, 11) is 0. The first kappa shape index (κ1) is 9.47. The summed E-state index contributed by atoms with van der Waals surface area (Å²) in [5.74, 6) is 0. The summed E-state index contributed by atoms with van der Waals surface area (Å²) < 4.78 is 0. The zero-order chi connectivity index (χ0) is 9.15. The molecule has 1 spiro atoms. The lowest BCUT2D eigenvalue weighted by molar-refractivity contribution is 0.0820. The second-order valence-corrected chi connectivity index (χ2v) is 4.71. The van der Waals surface area contributed by atoms with Crippen molar-refractivity contribution in [1.82, 2.24) is 10.2 Å². The molecule has 76 valence electrons. The maximum atomic E-state index is 3.56. The second-order valence-electron chi connectivity index (χ2n) is 4.71. The number of piperidine rings is 2. The standard InChI is InChI=1S/C11H22N2/c1-2-13-8-5-11(6-9-13)4-3-7-12-10-11/h12H,2-10H2,1H3. The van der Waals surface area contributed by atoms with E-state index >= 15 is 0 Å². The minimum Gasteiger partial charge on any atom is -0.316 e. The van der Waals surface area contributed by atoms with Gasteiger partial charge in [0.1, 0.15) is 0 Å². The summed E-state index contributed by atoms with van der Waals surface area (Å²) in [6.07, 6.45) is 5.71. The SMILES string of the molecule is CCN1CCC2(CCCNC2)CC1. The van der Waals surface area contributed by atoms with Crippen molar-refractivity contribution in [2.45, 2.75) is 32.6 Å². The molecule has 2 nitrogen and oxygen atoms in total. The second kappa shape index (κ2) is 3.97. The van der Waals surface area contributed by atoms with Gasteiger partial charge in [-0.3, -0.25) is 0 Å². The Labute approximate surface area is 81.7 Å². The van der Waals surface area contributed by atoms with Crippen molar-refractivity contribution < 1.29 is 0 Å². The molecule has 0 aromatic heterocycles. The average Bonchev–Trinajstić information content (AvgIpc) is 2.20. The summed E-state index contributed by atoms with van der Waals surface area (Å²) in [6, 6.07) is 0. The fourth-order valence-electron chi connectivity index (χ4n) is 2.80. The largest absolute Gasteiger partial charge is 0.316 e. The molecule has 0 saturated carbocycles. The molecule has 2 rings (SSSR count). The van der Waals surface area contributed by atoms with E-state index in [1.54, 1.807) is 0 Å². The van der Waals surface area contributed by atoms with Crippen molar-refractivity contribution in [2.75, 3.05) is 32.7 Å². The summed E-state index contributed by atoms with van der Waals surface area (Å²) in [6.45, 7) is 8.71. The van der Waals surface area contributed by atoms with Crippen LogP contribution in [0.1, 0.15) is 32.6 Å². The van der Waals surface area contributed by atoms with Crippen LogP contribution in [0.15, 0.2) is 0 Å². The van der Waals surface area contributed by atoms with Crippen LogP contribution in [0.4, 0.5) is 0 Å². The Morgan fingerprint density at radius 1 is 1.23 bits per heavy atom. The number of hydrogen-bond donors (Lipinski definition) is 1.